The number of ether oxygens (including phenoxy) is 1. The first kappa shape index (κ1) is 32.8. The zero-order valence-corrected chi connectivity index (χ0v) is 25.7. The molecule has 13 heteroatoms. The quantitative estimate of drug-likeness (QED) is 0.239. The summed E-state index contributed by atoms with van der Waals surface area (Å²) < 4.78 is 20.7. The normalized spacial score (nSPS) is 20.9. The van der Waals surface area contributed by atoms with Crippen molar-refractivity contribution < 1.29 is 34.3 Å². The molecule has 0 unspecified atom stereocenters. The number of amides is 1. The van der Waals surface area contributed by atoms with Crippen LogP contribution in [0.4, 0.5) is 10.3 Å². The first-order valence-corrected chi connectivity index (χ1v) is 15.8. The summed E-state index contributed by atoms with van der Waals surface area (Å²) in [6.07, 6.45) is 4.10. The van der Waals surface area contributed by atoms with Crippen molar-refractivity contribution in [2.45, 2.75) is 56.8 Å². The number of halogens is 2. The number of carbonyl (C=O) groups is 1. The number of benzene rings is 1. The third-order valence-electron chi connectivity index (χ3n) is 9.24. The summed E-state index contributed by atoms with van der Waals surface area (Å²) in [4.78, 5) is 27.4. The Morgan fingerprint density at radius 3 is 2.50 bits per heavy atom. The monoisotopic (exact) mass is 635 g/mol. The Labute approximate surface area is 262 Å². The molecule has 242 valence electrons. The van der Waals surface area contributed by atoms with Gasteiger partial charge in [0.1, 0.15) is 23.8 Å². The lowest BCUT2D eigenvalue weighted by Gasteiger charge is -2.48. The van der Waals surface area contributed by atoms with Crippen molar-refractivity contribution >= 4 is 23.5 Å². The van der Waals surface area contributed by atoms with Gasteiger partial charge in [0.15, 0.2) is 0 Å². The first-order valence-electron chi connectivity index (χ1n) is 15.4. The molecule has 0 bridgehead atoms. The smallest absolute Gasteiger partial charge is 0.227 e. The first-order chi connectivity index (χ1) is 21.1. The van der Waals surface area contributed by atoms with Gasteiger partial charge in [0.05, 0.1) is 43.2 Å². The van der Waals surface area contributed by atoms with Crippen LogP contribution in [-0.4, -0.2) is 123 Å². The van der Waals surface area contributed by atoms with Crippen LogP contribution in [0.5, 0.6) is 5.75 Å². The number of nitrogens with zero attached hydrogens (tertiary/aromatic N) is 5. The van der Waals surface area contributed by atoms with Crippen molar-refractivity contribution in [2.24, 2.45) is 11.3 Å². The molecule has 0 saturated carbocycles. The highest BCUT2D eigenvalue weighted by atomic mass is 35.5. The van der Waals surface area contributed by atoms with Crippen LogP contribution in [0.15, 0.2) is 30.6 Å². The van der Waals surface area contributed by atoms with Gasteiger partial charge in [0.2, 0.25) is 11.9 Å². The Morgan fingerprint density at radius 2 is 1.82 bits per heavy atom. The second-order valence-corrected chi connectivity index (χ2v) is 13.0. The fourth-order valence-electron chi connectivity index (χ4n) is 6.61. The standard InChI is InChI=1S/C31H43ClFN5O6/c32-23-14-34-30(35-15-23)37-8-5-21(6-9-37)2-1-11-44-24-4-3-22(25(33)13-24)12-28(42)38-19-31(20-38)7-10-36(18-31)16-26(40)29(43)27(41)17-39/h3-4,13-15,21,26-27,29,39-41,43H,1-2,5-12,16-20H2/t26-,27+,29-/m0/s1. The summed E-state index contributed by atoms with van der Waals surface area (Å²) in [6.45, 7) is 4.36. The number of β-amino-alcohol motifs (C(OH)–C–C–N with tert-alkyl or cyclic N) is 1. The summed E-state index contributed by atoms with van der Waals surface area (Å²) in [5.41, 5.74) is 0.265. The van der Waals surface area contributed by atoms with Gasteiger partial charge in [-0.1, -0.05) is 17.7 Å². The molecule has 0 radical (unpaired) electrons. The van der Waals surface area contributed by atoms with E-state index in [-0.39, 0.29) is 24.3 Å². The molecule has 3 aliphatic rings. The number of piperidine rings is 1. The van der Waals surface area contributed by atoms with Crippen molar-refractivity contribution in [3.8, 4) is 5.75 Å². The van der Waals surface area contributed by atoms with Crippen molar-refractivity contribution in [1.29, 1.82) is 0 Å². The number of hydrogen-bond acceptors (Lipinski definition) is 10. The Balaban J connectivity index is 0.982. The summed E-state index contributed by atoms with van der Waals surface area (Å²) in [5.74, 6) is 1.20. The lowest BCUT2D eigenvalue weighted by molar-refractivity contribution is -0.142. The number of anilines is 1. The van der Waals surface area contributed by atoms with E-state index in [4.69, 9.17) is 21.4 Å². The van der Waals surface area contributed by atoms with E-state index in [1.54, 1.807) is 29.4 Å². The number of carbonyl (C=O) groups excluding carboxylic acids is 1. The van der Waals surface area contributed by atoms with Crippen molar-refractivity contribution in [1.82, 2.24) is 19.8 Å². The fourth-order valence-corrected chi connectivity index (χ4v) is 6.70. The van der Waals surface area contributed by atoms with E-state index in [0.29, 0.717) is 61.0 Å². The highest BCUT2D eigenvalue weighted by Gasteiger charge is 2.49. The Kier molecular flexibility index (Phi) is 10.9. The average Bonchev–Trinajstić information content (AvgIpc) is 3.44. The minimum absolute atomic E-state index is 0.0182. The number of aliphatic hydroxyl groups excluding tert-OH is 4. The Bertz CT molecular complexity index is 1240. The van der Waals surface area contributed by atoms with Gasteiger partial charge in [-0.15, -0.1) is 0 Å². The predicted octanol–water partition coefficient (Wildman–Crippen LogP) is 1.50. The van der Waals surface area contributed by atoms with Gasteiger partial charge in [-0.05, 0) is 56.2 Å². The third-order valence-corrected chi connectivity index (χ3v) is 9.43. The van der Waals surface area contributed by atoms with Gasteiger partial charge >= 0.3 is 0 Å². The van der Waals surface area contributed by atoms with E-state index < -0.39 is 30.7 Å². The van der Waals surface area contributed by atoms with Crippen LogP contribution >= 0.6 is 11.6 Å². The topological polar surface area (TPSA) is 143 Å². The molecule has 0 aliphatic carbocycles. The van der Waals surface area contributed by atoms with E-state index in [0.717, 1.165) is 45.2 Å². The van der Waals surface area contributed by atoms with Crippen LogP contribution in [0.3, 0.4) is 0 Å². The van der Waals surface area contributed by atoms with Crippen LogP contribution < -0.4 is 9.64 Å². The zero-order chi connectivity index (χ0) is 31.3. The molecule has 3 atom stereocenters. The molecule has 3 aliphatic heterocycles. The second kappa shape index (κ2) is 14.7. The molecule has 1 amide bonds. The number of rotatable bonds is 13. The molecule has 11 nitrogen and oxygen atoms in total. The number of likely N-dealkylation sites (tertiary alicyclic amines) is 2. The van der Waals surface area contributed by atoms with Gasteiger partial charge < -0.3 is 35.0 Å². The van der Waals surface area contributed by atoms with E-state index in [1.807, 2.05) is 4.90 Å². The second-order valence-electron chi connectivity index (χ2n) is 12.6. The molecule has 5 rings (SSSR count). The van der Waals surface area contributed by atoms with Gasteiger partial charge in [0, 0.05) is 50.7 Å². The van der Waals surface area contributed by atoms with Gasteiger partial charge in [-0.25, -0.2) is 14.4 Å². The highest BCUT2D eigenvalue weighted by Crippen LogP contribution is 2.40. The maximum atomic E-state index is 14.9. The van der Waals surface area contributed by atoms with E-state index in [1.165, 1.54) is 6.07 Å². The van der Waals surface area contributed by atoms with Gasteiger partial charge in [-0.3, -0.25) is 9.69 Å². The van der Waals surface area contributed by atoms with Gasteiger partial charge in [0.25, 0.3) is 0 Å². The van der Waals surface area contributed by atoms with Crippen molar-refractivity contribution in [3.63, 3.8) is 0 Å². The van der Waals surface area contributed by atoms with Gasteiger partial charge in [-0.2, -0.15) is 0 Å². The van der Waals surface area contributed by atoms with E-state index in [9.17, 15) is 24.5 Å². The van der Waals surface area contributed by atoms with Crippen LogP contribution in [0.1, 0.15) is 37.7 Å². The molecular formula is C31H43ClFN5O6. The molecule has 1 aromatic carbocycles. The molecule has 44 heavy (non-hydrogen) atoms. The molecule has 4 heterocycles. The van der Waals surface area contributed by atoms with Crippen LogP contribution in [0.25, 0.3) is 0 Å². The summed E-state index contributed by atoms with van der Waals surface area (Å²) in [7, 11) is 0. The van der Waals surface area contributed by atoms with Crippen LogP contribution in [-0.2, 0) is 11.2 Å². The molecule has 3 saturated heterocycles. The molecule has 3 fully saturated rings. The zero-order valence-electron chi connectivity index (χ0n) is 24.9. The molecule has 4 N–H and O–H groups in total. The SMILES string of the molecule is O=C(Cc1ccc(OCCCC2CCN(c3ncc(Cl)cn3)CC2)cc1F)N1CC2(CCN(C[C@H](O)[C@H](O)[C@H](O)CO)C2)C1. The fraction of sp³-hybridized carbons (Fsp3) is 0.645. The number of hydrogen-bond donors (Lipinski definition) is 4. The Hall–Kier alpha value is -2.61. The number of aromatic nitrogens is 2. The third kappa shape index (κ3) is 8.15. The maximum absolute atomic E-state index is 14.9. The Morgan fingerprint density at radius 1 is 1.09 bits per heavy atom. The summed E-state index contributed by atoms with van der Waals surface area (Å²) >= 11 is 5.88. The predicted molar refractivity (Wildman–Crippen MR) is 162 cm³/mol. The van der Waals surface area contributed by atoms with E-state index >= 15 is 0 Å². The minimum Gasteiger partial charge on any atom is -0.493 e. The molecule has 1 aromatic heterocycles. The maximum Gasteiger partial charge on any atom is 0.227 e. The van der Waals surface area contributed by atoms with Crippen molar-refractivity contribution in [2.75, 3.05) is 63.9 Å². The lowest BCUT2D eigenvalue weighted by atomic mass is 9.79. The summed E-state index contributed by atoms with van der Waals surface area (Å²) in [5, 5.41) is 39.1. The van der Waals surface area contributed by atoms with E-state index in [2.05, 4.69) is 14.9 Å². The minimum atomic E-state index is -1.42. The summed E-state index contributed by atoms with van der Waals surface area (Å²) in [6, 6.07) is 4.70. The highest BCUT2D eigenvalue weighted by molar-refractivity contribution is 6.30. The van der Waals surface area contributed by atoms with Crippen LogP contribution in [0, 0.1) is 17.2 Å². The number of aliphatic hydroxyl groups is 4. The molecular weight excluding hydrogens is 593 g/mol. The lowest BCUT2D eigenvalue weighted by Crippen LogP contribution is -2.60. The average molecular weight is 636 g/mol. The van der Waals surface area contributed by atoms with Crippen molar-refractivity contribution in [3.05, 3.63) is 47.0 Å². The van der Waals surface area contributed by atoms with Crippen LogP contribution in [0.2, 0.25) is 5.02 Å². The molecule has 2 aromatic rings. The molecule has 1 spiro atoms. The largest absolute Gasteiger partial charge is 0.493 e.